The average molecular weight is 368 g/mol. The number of aromatic nitrogens is 1. The fraction of sp³-hybridized carbons (Fsp3) is 0.250. The first-order valence-electron chi connectivity index (χ1n) is 8.34. The number of fused-ring (bicyclic) bond motifs is 1. The highest BCUT2D eigenvalue weighted by molar-refractivity contribution is 7.22. The first-order chi connectivity index (χ1) is 12.5. The van der Waals surface area contributed by atoms with Crippen LogP contribution in [-0.2, 0) is 16.0 Å². The molecule has 0 fully saturated rings. The minimum Gasteiger partial charge on any atom is -0.465 e. The number of carbonyl (C=O) groups excluding carboxylic acids is 2. The standard InChI is InChI=1S/C20H20N2O3S/c1-12(2)14-6-4-13(5-7-14)10-18(23)22-20-21-16-9-8-15(19(24)25-3)11-17(16)26-20/h4-9,11-12H,10H2,1-3H3,(H,21,22,23). The van der Waals surface area contributed by atoms with Gasteiger partial charge in [-0.05, 0) is 35.2 Å². The van der Waals surface area contributed by atoms with E-state index in [1.807, 2.05) is 12.1 Å². The molecule has 0 unspecified atom stereocenters. The van der Waals surface area contributed by atoms with Gasteiger partial charge < -0.3 is 10.1 Å². The Hall–Kier alpha value is -2.73. The molecule has 0 aliphatic rings. The molecule has 3 rings (SSSR count). The van der Waals surface area contributed by atoms with E-state index in [-0.39, 0.29) is 5.91 Å². The summed E-state index contributed by atoms with van der Waals surface area (Å²) in [6.45, 7) is 4.28. The maximum atomic E-state index is 12.3. The van der Waals surface area contributed by atoms with Crippen molar-refractivity contribution in [3.63, 3.8) is 0 Å². The van der Waals surface area contributed by atoms with Crippen LogP contribution in [0.25, 0.3) is 10.2 Å². The minimum atomic E-state index is -0.393. The molecule has 0 aliphatic heterocycles. The molecular formula is C20H20N2O3S. The lowest BCUT2D eigenvalue weighted by Crippen LogP contribution is -2.14. The molecule has 0 bridgehead atoms. The van der Waals surface area contributed by atoms with Crippen LogP contribution in [0, 0.1) is 0 Å². The number of amides is 1. The number of nitrogens with zero attached hydrogens (tertiary/aromatic N) is 1. The van der Waals surface area contributed by atoms with Gasteiger partial charge in [0.15, 0.2) is 5.13 Å². The number of rotatable bonds is 5. The SMILES string of the molecule is COC(=O)c1ccc2nc(NC(=O)Cc3ccc(C(C)C)cc3)sc2c1. The lowest BCUT2D eigenvalue weighted by atomic mass is 10.0. The highest BCUT2D eigenvalue weighted by Crippen LogP contribution is 2.27. The van der Waals surface area contributed by atoms with Crippen molar-refractivity contribution in [2.24, 2.45) is 0 Å². The zero-order valence-corrected chi connectivity index (χ0v) is 15.7. The summed E-state index contributed by atoms with van der Waals surface area (Å²) in [6.07, 6.45) is 0.293. The molecule has 0 saturated carbocycles. The van der Waals surface area contributed by atoms with E-state index in [1.54, 1.807) is 18.2 Å². The molecule has 0 spiro atoms. The Labute approximate surface area is 156 Å². The Kier molecular flexibility index (Phi) is 5.32. The topological polar surface area (TPSA) is 68.3 Å². The number of methoxy groups -OCH3 is 1. The van der Waals surface area contributed by atoms with Gasteiger partial charge in [-0.25, -0.2) is 9.78 Å². The summed E-state index contributed by atoms with van der Waals surface area (Å²) in [5.41, 5.74) is 3.41. The Morgan fingerprint density at radius 1 is 1.15 bits per heavy atom. The monoisotopic (exact) mass is 368 g/mol. The number of hydrogen-bond donors (Lipinski definition) is 1. The third kappa shape index (κ3) is 4.08. The third-order valence-corrected chi connectivity index (χ3v) is 5.00. The van der Waals surface area contributed by atoms with Crippen LogP contribution in [0.2, 0.25) is 0 Å². The van der Waals surface area contributed by atoms with Crippen molar-refractivity contribution < 1.29 is 14.3 Å². The maximum Gasteiger partial charge on any atom is 0.337 e. The molecule has 0 saturated heterocycles. The van der Waals surface area contributed by atoms with E-state index in [0.717, 1.165) is 15.8 Å². The van der Waals surface area contributed by atoms with Crippen molar-refractivity contribution in [2.75, 3.05) is 12.4 Å². The smallest absolute Gasteiger partial charge is 0.337 e. The number of hydrogen-bond acceptors (Lipinski definition) is 5. The highest BCUT2D eigenvalue weighted by atomic mass is 32.1. The van der Waals surface area contributed by atoms with Gasteiger partial charge in [0.2, 0.25) is 5.91 Å². The maximum absolute atomic E-state index is 12.3. The van der Waals surface area contributed by atoms with Crippen LogP contribution in [-0.4, -0.2) is 24.0 Å². The van der Waals surface area contributed by atoms with E-state index >= 15 is 0 Å². The first-order valence-corrected chi connectivity index (χ1v) is 9.15. The van der Waals surface area contributed by atoms with E-state index in [9.17, 15) is 9.59 Å². The van der Waals surface area contributed by atoms with Crippen LogP contribution in [0.4, 0.5) is 5.13 Å². The highest BCUT2D eigenvalue weighted by Gasteiger charge is 2.12. The Balaban J connectivity index is 1.69. The molecule has 1 aromatic heterocycles. The van der Waals surface area contributed by atoms with Crippen LogP contribution < -0.4 is 5.32 Å². The third-order valence-electron chi connectivity index (χ3n) is 4.07. The Morgan fingerprint density at radius 3 is 2.54 bits per heavy atom. The second-order valence-corrected chi connectivity index (χ2v) is 7.34. The second kappa shape index (κ2) is 7.66. The Morgan fingerprint density at radius 2 is 1.88 bits per heavy atom. The number of esters is 1. The van der Waals surface area contributed by atoms with Crippen molar-refractivity contribution in [1.29, 1.82) is 0 Å². The van der Waals surface area contributed by atoms with E-state index in [1.165, 1.54) is 24.0 Å². The van der Waals surface area contributed by atoms with Crippen molar-refractivity contribution in [2.45, 2.75) is 26.2 Å². The second-order valence-electron chi connectivity index (χ2n) is 6.31. The van der Waals surface area contributed by atoms with Crippen molar-refractivity contribution >= 4 is 38.6 Å². The van der Waals surface area contributed by atoms with E-state index in [4.69, 9.17) is 4.74 Å². The van der Waals surface area contributed by atoms with Gasteiger partial charge in [-0.15, -0.1) is 0 Å². The summed E-state index contributed by atoms with van der Waals surface area (Å²) < 4.78 is 5.55. The van der Waals surface area contributed by atoms with Gasteiger partial charge in [0, 0.05) is 0 Å². The summed E-state index contributed by atoms with van der Waals surface area (Å²) in [4.78, 5) is 28.3. The number of benzene rings is 2. The largest absolute Gasteiger partial charge is 0.465 e. The number of ether oxygens (including phenoxy) is 1. The fourth-order valence-corrected chi connectivity index (χ4v) is 3.51. The number of nitrogens with one attached hydrogen (secondary N) is 1. The molecule has 5 nitrogen and oxygen atoms in total. The molecule has 0 aliphatic carbocycles. The lowest BCUT2D eigenvalue weighted by molar-refractivity contribution is -0.115. The van der Waals surface area contributed by atoms with Crippen LogP contribution in [0.3, 0.4) is 0 Å². The van der Waals surface area contributed by atoms with Crippen LogP contribution >= 0.6 is 11.3 Å². The van der Waals surface area contributed by atoms with Crippen LogP contribution in [0.1, 0.15) is 41.3 Å². The number of thiazole rings is 1. The van der Waals surface area contributed by atoms with Gasteiger partial charge >= 0.3 is 5.97 Å². The first kappa shape index (κ1) is 18.1. The van der Waals surface area contributed by atoms with Gasteiger partial charge in [0.25, 0.3) is 0 Å². The summed E-state index contributed by atoms with van der Waals surface area (Å²) in [5, 5.41) is 3.35. The van der Waals surface area contributed by atoms with E-state index in [2.05, 4.69) is 36.3 Å². The average Bonchev–Trinajstić information content (AvgIpc) is 3.02. The molecule has 1 amide bonds. The molecule has 1 heterocycles. The summed E-state index contributed by atoms with van der Waals surface area (Å²) in [6, 6.07) is 13.2. The van der Waals surface area contributed by atoms with Crippen molar-refractivity contribution in [1.82, 2.24) is 4.98 Å². The number of anilines is 1. The van der Waals surface area contributed by atoms with Gasteiger partial charge in [-0.2, -0.15) is 0 Å². The zero-order valence-electron chi connectivity index (χ0n) is 14.9. The fourth-order valence-electron chi connectivity index (χ4n) is 2.59. The predicted molar refractivity (Wildman–Crippen MR) is 104 cm³/mol. The summed E-state index contributed by atoms with van der Waals surface area (Å²) in [5.74, 6) is -0.0409. The van der Waals surface area contributed by atoms with E-state index < -0.39 is 5.97 Å². The molecular weight excluding hydrogens is 348 g/mol. The normalized spacial score (nSPS) is 10.9. The predicted octanol–water partition coefficient (Wildman–Crippen LogP) is 4.39. The van der Waals surface area contributed by atoms with Crippen molar-refractivity contribution in [3.8, 4) is 0 Å². The van der Waals surface area contributed by atoms with Gasteiger partial charge in [0.1, 0.15) is 0 Å². The molecule has 134 valence electrons. The Bertz CT molecular complexity index is 945. The molecule has 2 aromatic carbocycles. The van der Waals surface area contributed by atoms with Crippen LogP contribution in [0.5, 0.6) is 0 Å². The molecule has 0 radical (unpaired) electrons. The molecule has 1 N–H and O–H groups in total. The molecule has 26 heavy (non-hydrogen) atoms. The van der Waals surface area contributed by atoms with Gasteiger partial charge in [0.05, 0.1) is 29.3 Å². The van der Waals surface area contributed by atoms with Gasteiger partial charge in [-0.1, -0.05) is 49.4 Å². The zero-order chi connectivity index (χ0) is 18.7. The quantitative estimate of drug-likeness (QED) is 0.678. The van der Waals surface area contributed by atoms with Crippen molar-refractivity contribution in [3.05, 3.63) is 59.2 Å². The van der Waals surface area contributed by atoms with Gasteiger partial charge in [-0.3, -0.25) is 4.79 Å². The minimum absolute atomic E-state index is 0.116. The summed E-state index contributed by atoms with van der Waals surface area (Å²) >= 11 is 1.33. The summed E-state index contributed by atoms with van der Waals surface area (Å²) in [7, 11) is 1.35. The lowest BCUT2D eigenvalue weighted by Gasteiger charge is -2.06. The molecule has 6 heteroatoms. The van der Waals surface area contributed by atoms with E-state index in [0.29, 0.717) is 23.0 Å². The molecule has 0 atom stereocenters. The number of carbonyl (C=O) groups is 2. The van der Waals surface area contributed by atoms with Crippen LogP contribution in [0.15, 0.2) is 42.5 Å². The molecule has 3 aromatic rings.